The third kappa shape index (κ3) is 3.88. The first-order chi connectivity index (χ1) is 9.49. The summed E-state index contributed by atoms with van der Waals surface area (Å²) in [6.45, 7) is 2.52. The lowest BCUT2D eigenvalue weighted by Crippen LogP contribution is -2.27. The average molecular weight is 297 g/mol. The second kappa shape index (κ2) is 6.47. The zero-order chi connectivity index (χ0) is 14.6. The van der Waals surface area contributed by atoms with Crippen molar-refractivity contribution in [2.24, 2.45) is 0 Å². The fraction of sp³-hybridized carbons (Fsp3) is 0.500. The molecule has 0 unspecified atom stereocenters. The van der Waals surface area contributed by atoms with Gasteiger partial charge in [-0.3, -0.25) is 4.79 Å². The summed E-state index contributed by atoms with van der Waals surface area (Å²) >= 11 is 0. The molecular formula is C14H19NO4S. The number of Topliss-reactive ketones (excluding diaryl/α,β-unsaturated/α-hetero) is 1. The van der Waals surface area contributed by atoms with Crippen LogP contribution in [0, 0.1) is 0 Å². The van der Waals surface area contributed by atoms with E-state index in [9.17, 15) is 13.2 Å². The van der Waals surface area contributed by atoms with Gasteiger partial charge >= 0.3 is 0 Å². The number of ketones is 1. The Kier molecular flexibility index (Phi) is 4.91. The van der Waals surface area contributed by atoms with Crippen LogP contribution in [0.3, 0.4) is 0 Å². The molecule has 1 aliphatic heterocycles. The second-order valence-corrected chi connectivity index (χ2v) is 6.67. The van der Waals surface area contributed by atoms with E-state index in [1.807, 2.05) is 0 Å². The van der Waals surface area contributed by atoms with Crippen LogP contribution in [-0.4, -0.2) is 33.5 Å². The van der Waals surface area contributed by atoms with Gasteiger partial charge in [-0.25, -0.2) is 13.1 Å². The first-order valence-corrected chi connectivity index (χ1v) is 8.19. The zero-order valence-electron chi connectivity index (χ0n) is 11.5. The first kappa shape index (κ1) is 15.2. The van der Waals surface area contributed by atoms with Crippen molar-refractivity contribution < 1.29 is 17.9 Å². The third-order valence-corrected chi connectivity index (χ3v) is 4.79. The lowest BCUT2D eigenvalue weighted by molar-refractivity contribution is 0.101. The van der Waals surface area contributed by atoms with Gasteiger partial charge in [-0.15, -0.1) is 0 Å². The second-order valence-electron chi connectivity index (χ2n) is 4.91. The van der Waals surface area contributed by atoms with Crippen LogP contribution in [-0.2, 0) is 14.8 Å². The van der Waals surface area contributed by atoms with Gasteiger partial charge in [-0.1, -0.05) is 12.1 Å². The Hall–Kier alpha value is -1.24. The minimum atomic E-state index is -3.57. The van der Waals surface area contributed by atoms with Gasteiger partial charge in [0.25, 0.3) is 0 Å². The number of ether oxygens (including phenoxy) is 1. The molecule has 1 heterocycles. The van der Waals surface area contributed by atoms with Crippen LogP contribution in [0.2, 0.25) is 0 Å². The summed E-state index contributed by atoms with van der Waals surface area (Å²) in [4.78, 5) is 11.4. The number of carbonyl (C=O) groups excluding carboxylic acids is 1. The van der Waals surface area contributed by atoms with E-state index in [2.05, 4.69) is 4.72 Å². The Morgan fingerprint density at radius 1 is 1.45 bits per heavy atom. The Bertz CT molecular complexity index is 577. The van der Waals surface area contributed by atoms with Gasteiger partial charge in [-0.05, 0) is 38.3 Å². The number of benzene rings is 1. The maximum absolute atomic E-state index is 12.1. The molecule has 20 heavy (non-hydrogen) atoms. The molecule has 6 heteroatoms. The summed E-state index contributed by atoms with van der Waals surface area (Å²) in [7, 11) is -3.57. The van der Waals surface area contributed by atoms with E-state index in [0.717, 1.165) is 19.4 Å². The first-order valence-electron chi connectivity index (χ1n) is 6.71. The van der Waals surface area contributed by atoms with E-state index in [4.69, 9.17) is 4.74 Å². The summed E-state index contributed by atoms with van der Waals surface area (Å²) in [5, 5.41) is 0. The fourth-order valence-electron chi connectivity index (χ4n) is 2.19. The SMILES string of the molecule is CC(=O)c1cccc(S(=O)(=O)NCC[C@@H]2CCCO2)c1. The Balaban J connectivity index is 1.98. The van der Waals surface area contributed by atoms with Crippen molar-refractivity contribution in [2.45, 2.75) is 37.2 Å². The largest absolute Gasteiger partial charge is 0.378 e. The molecule has 0 bridgehead atoms. The molecule has 1 N–H and O–H groups in total. The van der Waals surface area contributed by atoms with Crippen molar-refractivity contribution in [2.75, 3.05) is 13.2 Å². The average Bonchev–Trinajstić information content (AvgIpc) is 2.92. The molecule has 1 aromatic rings. The van der Waals surface area contributed by atoms with Crippen molar-refractivity contribution in [3.63, 3.8) is 0 Å². The van der Waals surface area contributed by atoms with Gasteiger partial charge in [0.05, 0.1) is 11.0 Å². The summed E-state index contributed by atoms with van der Waals surface area (Å²) in [5.74, 6) is -0.151. The van der Waals surface area contributed by atoms with Crippen LogP contribution in [0.25, 0.3) is 0 Å². The monoisotopic (exact) mass is 297 g/mol. The highest BCUT2D eigenvalue weighted by Gasteiger charge is 2.18. The van der Waals surface area contributed by atoms with Crippen molar-refractivity contribution >= 4 is 15.8 Å². The normalized spacial score (nSPS) is 19.1. The summed E-state index contributed by atoms with van der Waals surface area (Å²) in [5.41, 5.74) is 0.395. The van der Waals surface area contributed by atoms with Gasteiger partial charge in [-0.2, -0.15) is 0 Å². The maximum atomic E-state index is 12.1. The van der Waals surface area contributed by atoms with E-state index in [0.29, 0.717) is 18.5 Å². The molecule has 0 aromatic heterocycles. The predicted octanol–water partition coefficient (Wildman–Crippen LogP) is 1.74. The molecule has 1 aromatic carbocycles. The van der Waals surface area contributed by atoms with E-state index in [1.54, 1.807) is 12.1 Å². The molecule has 1 saturated heterocycles. The maximum Gasteiger partial charge on any atom is 0.240 e. The molecular weight excluding hydrogens is 278 g/mol. The number of rotatable bonds is 6. The van der Waals surface area contributed by atoms with Crippen molar-refractivity contribution in [3.8, 4) is 0 Å². The van der Waals surface area contributed by atoms with E-state index in [1.165, 1.54) is 19.1 Å². The Morgan fingerprint density at radius 3 is 2.90 bits per heavy atom. The highest BCUT2D eigenvalue weighted by molar-refractivity contribution is 7.89. The van der Waals surface area contributed by atoms with Gasteiger partial charge in [0.1, 0.15) is 0 Å². The fourth-order valence-corrected chi connectivity index (χ4v) is 3.28. The number of hydrogen-bond donors (Lipinski definition) is 1. The number of nitrogens with one attached hydrogen (secondary N) is 1. The smallest absolute Gasteiger partial charge is 0.240 e. The van der Waals surface area contributed by atoms with Crippen LogP contribution in [0.1, 0.15) is 36.5 Å². The van der Waals surface area contributed by atoms with Gasteiger partial charge in [0, 0.05) is 18.7 Å². The summed E-state index contributed by atoms with van der Waals surface area (Å²) in [6.07, 6.45) is 2.85. The molecule has 0 amide bonds. The van der Waals surface area contributed by atoms with E-state index < -0.39 is 10.0 Å². The minimum Gasteiger partial charge on any atom is -0.378 e. The van der Waals surface area contributed by atoms with Crippen molar-refractivity contribution in [1.29, 1.82) is 0 Å². The van der Waals surface area contributed by atoms with Crippen LogP contribution in [0.4, 0.5) is 0 Å². The third-order valence-electron chi connectivity index (χ3n) is 3.33. The zero-order valence-corrected chi connectivity index (χ0v) is 12.3. The molecule has 5 nitrogen and oxygen atoms in total. The molecule has 110 valence electrons. The predicted molar refractivity (Wildman–Crippen MR) is 75.2 cm³/mol. The molecule has 0 saturated carbocycles. The van der Waals surface area contributed by atoms with Gasteiger partial charge < -0.3 is 4.74 Å². The van der Waals surface area contributed by atoms with Crippen LogP contribution in [0.5, 0.6) is 0 Å². The van der Waals surface area contributed by atoms with E-state index >= 15 is 0 Å². The molecule has 0 radical (unpaired) electrons. The molecule has 2 rings (SSSR count). The Morgan fingerprint density at radius 2 is 2.25 bits per heavy atom. The number of hydrogen-bond acceptors (Lipinski definition) is 4. The number of carbonyl (C=O) groups is 1. The number of sulfonamides is 1. The van der Waals surface area contributed by atoms with Crippen LogP contribution >= 0.6 is 0 Å². The molecule has 1 fully saturated rings. The highest BCUT2D eigenvalue weighted by atomic mass is 32.2. The van der Waals surface area contributed by atoms with Crippen LogP contribution < -0.4 is 4.72 Å². The topological polar surface area (TPSA) is 72.5 Å². The van der Waals surface area contributed by atoms with E-state index in [-0.39, 0.29) is 16.8 Å². The minimum absolute atomic E-state index is 0.123. The van der Waals surface area contributed by atoms with Crippen molar-refractivity contribution in [1.82, 2.24) is 4.72 Å². The highest BCUT2D eigenvalue weighted by Crippen LogP contribution is 2.16. The molecule has 1 atom stereocenters. The molecule has 1 aliphatic rings. The summed E-state index contributed by atoms with van der Waals surface area (Å²) in [6, 6.07) is 6.07. The lowest BCUT2D eigenvalue weighted by Gasteiger charge is -2.11. The molecule has 0 spiro atoms. The molecule has 0 aliphatic carbocycles. The van der Waals surface area contributed by atoms with Crippen LogP contribution in [0.15, 0.2) is 29.2 Å². The van der Waals surface area contributed by atoms with Gasteiger partial charge in [0.15, 0.2) is 5.78 Å². The van der Waals surface area contributed by atoms with Crippen molar-refractivity contribution in [3.05, 3.63) is 29.8 Å². The van der Waals surface area contributed by atoms with Gasteiger partial charge in [0.2, 0.25) is 10.0 Å². The summed E-state index contributed by atoms with van der Waals surface area (Å²) < 4.78 is 32.2. The quantitative estimate of drug-likeness (QED) is 0.812. The lowest BCUT2D eigenvalue weighted by atomic mass is 10.2. The standard InChI is InChI=1S/C14H19NO4S/c1-11(16)12-4-2-6-14(10-12)20(17,18)15-8-7-13-5-3-9-19-13/h2,4,6,10,13,15H,3,5,7-9H2,1H3/t13-/m0/s1. The Labute approximate surface area is 119 Å².